The number of rotatable bonds is 2. The summed E-state index contributed by atoms with van der Waals surface area (Å²) in [5.74, 6) is 3.32. The average Bonchev–Trinajstić information content (AvgIpc) is 2.53. The summed E-state index contributed by atoms with van der Waals surface area (Å²) < 4.78 is 0. The highest BCUT2D eigenvalue weighted by atomic mass is 15.2. The molecule has 1 atom stereocenters. The quantitative estimate of drug-likeness (QED) is 0.823. The predicted octanol–water partition coefficient (Wildman–Crippen LogP) is 2.89. The topological polar surface area (TPSA) is 15.3 Å². The predicted molar refractivity (Wildman–Crippen MR) is 79.1 cm³/mol. The van der Waals surface area contributed by atoms with Crippen molar-refractivity contribution in [3.8, 4) is 0 Å². The van der Waals surface area contributed by atoms with E-state index in [4.69, 9.17) is 0 Å². The molecular weight excluding hydrogens is 232 g/mol. The zero-order chi connectivity index (χ0) is 12.9. The summed E-state index contributed by atoms with van der Waals surface area (Å²) in [5, 5.41) is 3.67. The third-order valence-corrected chi connectivity index (χ3v) is 6.70. The standard InChI is InChI=1S/C17H30N2/c1-19-4-2-3-18-12-16(19)11-17-8-13-5-14(9-17)7-15(6-13)10-17/h13-16,18H,2-12H2,1H3. The second-order valence-corrected chi connectivity index (χ2v) is 8.31. The molecular formula is C17H30N2. The van der Waals surface area contributed by atoms with Gasteiger partial charge in [0.25, 0.3) is 0 Å². The Morgan fingerprint density at radius 3 is 2.32 bits per heavy atom. The fourth-order valence-electron chi connectivity index (χ4n) is 6.33. The van der Waals surface area contributed by atoms with Crippen molar-refractivity contribution in [2.24, 2.45) is 23.2 Å². The lowest BCUT2D eigenvalue weighted by atomic mass is 9.48. The molecule has 5 rings (SSSR count). The first kappa shape index (κ1) is 12.6. The fraction of sp³-hybridized carbons (Fsp3) is 1.00. The van der Waals surface area contributed by atoms with Crippen LogP contribution in [0.5, 0.6) is 0 Å². The summed E-state index contributed by atoms with van der Waals surface area (Å²) >= 11 is 0. The molecule has 2 heteroatoms. The van der Waals surface area contributed by atoms with Gasteiger partial charge in [-0.25, -0.2) is 0 Å². The van der Waals surface area contributed by atoms with Gasteiger partial charge in [-0.3, -0.25) is 0 Å². The molecule has 4 saturated carbocycles. The SMILES string of the molecule is CN1CCCNCC1CC12CC3CC(CC(C3)C1)C2. The highest BCUT2D eigenvalue weighted by molar-refractivity contribution is 5.03. The van der Waals surface area contributed by atoms with Crippen molar-refractivity contribution < 1.29 is 0 Å². The van der Waals surface area contributed by atoms with Crippen LogP contribution in [0.1, 0.15) is 51.4 Å². The molecule has 1 N–H and O–H groups in total. The zero-order valence-corrected chi connectivity index (χ0v) is 12.5. The molecule has 5 fully saturated rings. The van der Waals surface area contributed by atoms with Gasteiger partial charge in [-0.15, -0.1) is 0 Å². The smallest absolute Gasteiger partial charge is 0.0222 e. The number of likely N-dealkylation sites (N-methyl/N-ethyl adjacent to an activating group) is 1. The molecule has 108 valence electrons. The van der Waals surface area contributed by atoms with Crippen molar-refractivity contribution in [2.75, 3.05) is 26.7 Å². The zero-order valence-electron chi connectivity index (χ0n) is 12.5. The number of nitrogens with zero attached hydrogens (tertiary/aromatic N) is 1. The van der Waals surface area contributed by atoms with Crippen LogP contribution < -0.4 is 5.32 Å². The van der Waals surface area contributed by atoms with Gasteiger partial charge in [0.1, 0.15) is 0 Å². The number of nitrogens with one attached hydrogen (secondary N) is 1. The van der Waals surface area contributed by atoms with Crippen molar-refractivity contribution in [1.82, 2.24) is 10.2 Å². The van der Waals surface area contributed by atoms with E-state index >= 15 is 0 Å². The van der Waals surface area contributed by atoms with E-state index in [1.165, 1.54) is 32.5 Å². The van der Waals surface area contributed by atoms with Crippen LogP contribution in [0, 0.1) is 23.2 Å². The maximum Gasteiger partial charge on any atom is 0.0222 e. The number of hydrogen-bond acceptors (Lipinski definition) is 2. The maximum atomic E-state index is 3.67. The molecule has 19 heavy (non-hydrogen) atoms. The molecule has 4 aliphatic carbocycles. The second kappa shape index (κ2) is 4.73. The van der Waals surface area contributed by atoms with Crippen LogP contribution in [0.25, 0.3) is 0 Å². The third-order valence-electron chi connectivity index (χ3n) is 6.70. The summed E-state index contributed by atoms with van der Waals surface area (Å²) in [6, 6.07) is 0.804. The van der Waals surface area contributed by atoms with E-state index in [0.717, 1.165) is 29.2 Å². The highest BCUT2D eigenvalue weighted by Gasteiger charge is 2.51. The molecule has 1 heterocycles. The van der Waals surface area contributed by atoms with Gasteiger partial charge in [0.05, 0.1) is 0 Å². The molecule has 0 spiro atoms. The van der Waals surface area contributed by atoms with Gasteiger partial charge in [-0.1, -0.05) is 0 Å². The summed E-state index contributed by atoms with van der Waals surface area (Å²) in [7, 11) is 2.36. The Labute approximate surface area is 118 Å². The van der Waals surface area contributed by atoms with Crippen molar-refractivity contribution in [3.63, 3.8) is 0 Å². The molecule has 1 unspecified atom stereocenters. The van der Waals surface area contributed by atoms with Gasteiger partial charge in [0.2, 0.25) is 0 Å². The molecule has 0 aromatic carbocycles. The molecule has 5 aliphatic rings. The van der Waals surface area contributed by atoms with Crippen molar-refractivity contribution in [2.45, 2.75) is 57.4 Å². The summed E-state index contributed by atoms with van der Waals surface area (Å²) in [5.41, 5.74) is 0.750. The Balaban J connectivity index is 1.49. The summed E-state index contributed by atoms with van der Waals surface area (Å²) in [4.78, 5) is 2.65. The minimum Gasteiger partial charge on any atom is -0.315 e. The summed E-state index contributed by atoms with van der Waals surface area (Å²) in [6.45, 7) is 3.75. The molecule has 0 aromatic heterocycles. The monoisotopic (exact) mass is 262 g/mol. The van der Waals surface area contributed by atoms with Crippen molar-refractivity contribution in [3.05, 3.63) is 0 Å². The van der Waals surface area contributed by atoms with E-state index < -0.39 is 0 Å². The second-order valence-electron chi connectivity index (χ2n) is 8.31. The van der Waals surface area contributed by atoms with Crippen LogP contribution >= 0.6 is 0 Å². The van der Waals surface area contributed by atoms with Gasteiger partial charge in [-0.2, -0.15) is 0 Å². The minimum atomic E-state index is 0.750. The van der Waals surface area contributed by atoms with Gasteiger partial charge in [-0.05, 0) is 94.7 Å². The Morgan fingerprint density at radius 1 is 1.05 bits per heavy atom. The number of hydrogen-bond donors (Lipinski definition) is 1. The fourth-order valence-corrected chi connectivity index (χ4v) is 6.33. The molecule has 2 nitrogen and oxygen atoms in total. The van der Waals surface area contributed by atoms with Crippen LogP contribution in [0.3, 0.4) is 0 Å². The maximum absolute atomic E-state index is 3.67. The molecule has 0 radical (unpaired) electrons. The van der Waals surface area contributed by atoms with Crippen molar-refractivity contribution in [1.29, 1.82) is 0 Å². The Morgan fingerprint density at radius 2 is 1.68 bits per heavy atom. The minimum absolute atomic E-state index is 0.750. The van der Waals surface area contributed by atoms with Crippen LogP contribution in [0.4, 0.5) is 0 Å². The third kappa shape index (κ3) is 2.35. The van der Waals surface area contributed by atoms with E-state index in [1.54, 1.807) is 38.5 Å². The lowest BCUT2D eigenvalue weighted by Gasteiger charge is -2.58. The lowest BCUT2D eigenvalue weighted by Crippen LogP contribution is -2.50. The Hall–Kier alpha value is -0.0800. The highest BCUT2D eigenvalue weighted by Crippen LogP contribution is 2.61. The van der Waals surface area contributed by atoms with E-state index in [-0.39, 0.29) is 0 Å². The first-order chi connectivity index (χ1) is 9.22. The van der Waals surface area contributed by atoms with Crippen LogP contribution in [-0.2, 0) is 0 Å². The van der Waals surface area contributed by atoms with E-state index in [2.05, 4.69) is 17.3 Å². The van der Waals surface area contributed by atoms with E-state index in [9.17, 15) is 0 Å². The average molecular weight is 262 g/mol. The van der Waals surface area contributed by atoms with Crippen LogP contribution in [0.15, 0.2) is 0 Å². The van der Waals surface area contributed by atoms with Gasteiger partial charge in [0, 0.05) is 12.6 Å². The van der Waals surface area contributed by atoms with E-state index in [0.29, 0.717) is 0 Å². The normalized spacial score (nSPS) is 50.4. The van der Waals surface area contributed by atoms with Crippen molar-refractivity contribution >= 4 is 0 Å². The Bertz CT molecular complexity index is 303. The molecule has 1 aliphatic heterocycles. The molecule has 0 amide bonds. The molecule has 0 aromatic rings. The van der Waals surface area contributed by atoms with Gasteiger partial charge in [0.15, 0.2) is 0 Å². The van der Waals surface area contributed by atoms with Gasteiger partial charge < -0.3 is 10.2 Å². The van der Waals surface area contributed by atoms with Gasteiger partial charge >= 0.3 is 0 Å². The molecule has 4 bridgehead atoms. The molecule has 1 saturated heterocycles. The first-order valence-corrected chi connectivity index (χ1v) is 8.63. The van der Waals surface area contributed by atoms with E-state index in [1.807, 2.05) is 0 Å². The van der Waals surface area contributed by atoms with Crippen LogP contribution in [-0.4, -0.2) is 37.6 Å². The largest absolute Gasteiger partial charge is 0.315 e. The Kier molecular flexibility index (Phi) is 3.15. The summed E-state index contributed by atoms with van der Waals surface area (Å²) in [6.07, 6.45) is 12.3. The van der Waals surface area contributed by atoms with Crippen LogP contribution in [0.2, 0.25) is 0 Å². The first-order valence-electron chi connectivity index (χ1n) is 8.63. The lowest BCUT2D eigenvalue weighted by molar-refractivity contribution is -0.0676.